The topological polar surface area (TPSA) is 48.1 Å². The Morgan fingerprint density at radius 3 is 2.53 bits per heavy atom. The molecule has 1 aromatic heterocycles. The van der Waals surface area contributed by atoms with Crippen LogP contribution < -0.4 is 10.5 Å². The number of hydrogen-bond donors (Lipinski definition) is 1. The van der Waals surface area contributed by atoms with E-state index in [0.717, 1.165) is 5.56 Å². The molecular weight excluding hydrogens is 243 g/mol. The highest BCUT2D eigenvalue weighted by atomic mass is 19.1. The molecule has 0 spiro atoms. The van der Waals surface area contributed by atoms with E-state index < -0.39 is 6.04 Å². The third-order valence-corrected chi connectivity index (χ3v) is 3.34. The number of methoxy groups -OCH3 is 1. The molecule has 0 amide bonds. The van der Waals surface area contributed by atoms with Gasteiger partial charge in [0.1, 0.15) is 11.6 Å². The van der Waals surface area contributed by atoms with Crippen LogP contribution in [-0.4, -0.2) is 12.1 Å². The fraction of sp³-hybridized carbons (Fsp3) is 0.267. The Labute approximate surface area is 112 Å². The SMILES string of the molecule is COc1cccc(F)c1C(N)C(C)c1ccncc1. The third-order valence-electron chi connectivity index (χ3n) is 3.34. The molecule has 3 nitrogen and oxygen atoms in total. The minimum atomic E-state index is -0.474. The van der Waals surface area contributed by atoms with Crippen LogP contribution in [0.1, 0.15) is 30.0 Å². The van der Waals surface area contributed by atoms with Gasteiger partial charge < -0.3 is 10.5 Å². The minimum absolute atomic E-state index is 0.0335. The van der Waals surface area contributed by atoms with Gasteiger partial charge in [-0.2, -0.15) is 0 Å². The summed E-state index contributed by atoms with van der Waals surface area (Å²) in [5.74, 6) is 0.106. The van der Waals surface area contributed by atoms with E-state index in [1.807, 2.05) is 19.1 Å². The second-order valence-corrected chi connectivity index (χ2v) is 4.45. The molecule has 0 saturated heterocycles. The lowest BCUT2D eigenvalue weighted by molar-refractivity contribution is 0.394. The summed E-state index contributed by atoms with van der Waals surface area (Å²) < 4.78 is 19.2. The van der Waals surface area contributed by atoms with E-state index in [4.69, 9.17) is 10.5 Å². The second-order valence-electron chi connectivity index (χ2n) is 4.45. The summed E-state index contributed by atoms with van der Waals surface area (Å²) in [4.78, 5) is 3.97. The smallest absolute Gasteiger partial charge is 0.131 e. The van der Waals surface area contributed by atoms with E-state index in [1.165, 1.54) is 13.2 Å². The first kappa shape index (κ1) is 13.5. The summed E-state index contributed by atoms with van der Waals surface area (Å²) in [5.41, 5.74) is 7.64. The van der Waals surface area contributed by atoms with Crippen molar-refractivity contribution in [3.8, 4) is 5.75 Å². The Bertz CT molecular complexity index is 545. The van der Waals surface area contributed by atoms with E-state index in [0.29, 0.717) is 11.3 Å². The van der Waals surface area contributed by atoms with Gasteiger partial charge in [0.2, 0.25) is 0 Å². The first-order valence-electron chi connectivity index (χ1n) is 6.13. The average molecular weight is 260 g/mol. The largest absolute Gasteiger partial charge is 0.496 e. The summed E-state index contributed by atoms with van der Waals surface area (Å²) in [7, 11) is 1.52. The van der Waals surface area contributed by atoms with Gasteiger partial charge in [-0.1, -0.05) is 13.0 Å². The van der Waals surface area contributed by atoms with Crippen molar-refractivity contribution < 1.29 is 9.13 Å². The Morgan fingerprint density at radius 2 is 1.89 bits per heavy atom. The number of benzene rings is 1. The number of nitrogens with zero attached hydrogens (tertiary/aromatic N) is 1. The van der Waals surface area contributed by atoms with Crippen LogP contribution in [-0.2, 0) is 0 Å². The van der Waals surface area contributed by atoms with Crippen LogP contribution in [0.2, 0.25) is 0 Å². The molecule has 0 bridgehead atoms. The number of aromatic nitrogens is 1. The average Bonchev–Trinajstić information content (AvgIpc) is 2.46. The second kappa shape index (κ2) is 5.80. The predicted molar refractivity (Wildman–Crippen MR) is 72.5 cm³/mol. The lowest BCUT2D eigenvalue weighted by atomic mass is 9.89. The van der Waals surface area contributed by atoms with Crippen LogP contribution in [0.4, 0.5) is 4.39 Å². The van der Waals surface area contributed by atoms with Crippen LogP contribution >= 0.6 is 0 Å². The van der Waals surface area contributed by atoms with Crippen LogP contribution in [0.25, 0.3) is 0 Å². The van der Waals surface area contributed by atoms with Crippen LogP contribution in [0.15, 0.2) is 42.7 Å². The van der Waals surface area contributed by atoms with Gasteiger partial charge in [0.25, 0.3) is 0 Å². The highest BCUT2D eigenvalue weighted by molar-refractivity contribution is 5.39. The molecule has 2 unspecified atom stereocenters. The quantitative estimate of drug-likeness (QED) is 0.919. The highest BCUT2D eigenvalue weighted by Crippen LogP contribution is 2.35. The molecule has 100 valence electrons. The van der Waals surface area contributed by atoms with Crippen molar-refractivity contribution in [3.05, 3.63) is 59.7 Å². The molecule has 4 heteroatoms. The molecule has 2 rings (SSSR count). The predicted octanol–water partition coefficient (Wildman–Crippen LogP) is 3.03. The third kappa shape index (κ3) is 2.74. The molecule has 19 heavy (non-hydrogen) atoms. The number of rotatable bonds is 4. The molecule has 0 fully saturated rings. The molecule has 0 saturated carbocycles. The lowest BCUT2D eigenvalue weighted by Crippen LogP contribution is -2.20. The van der Waals surface area contributed by atoms with Crippen molar-refractivity contribution in [2.45, 2.75) is 18.9 Å². The maximum Gasteiger partial charge on any atom is 0.131 e. The molecule has 2 N–H and O–H groups in total. The van der Waals surface area contributed by atoms with Gasteiger partial charge in [-0.25, -0.2) is 4.39 Å². The van der Waals surface area contributed by atoms with Crippen molar-refractivity contribution in [2.75, 3.05) is 7.11 Å². The Morgan fingerprint density at radius 1 is 1.21 bits per heavy atom. The zero-order valence-corrected chi connectivity index (χ0v) is 11.0. The maximum atomic E-state index is 14.0. The number of ether oxygens (including phenoxy) is 1. The fourth-order valence-corrected chi connectivity index (χ4v) is 2.14. The van der Waals surface area contributed by atoms with Crippen molar-refractivity contribution in [1.82, 2.24) is 4.98 Å². The monoisotopic (exact) mass is 260 g/mol. The van der Waals surface area contributed by atoms with Crippen LogP contribution in [0, 0.1) is 5.82 Å². The first-order valence-corrected chi connectivity index (χ1v) is 6.13. The van der Waals surface area contributed by atoms with Gasteiger partial charge in [-0.05, 0) is 29.8 Å². The maximum absolute atomic E-state index is 14.0. The minimum Gasteiger partial charge on any atom is -0.496 e. The molecule has 0 aliphatic carbocycles. The van der Waals surface area contributed by atoms with Gasteiger partial charge >= 0.3 is 0 Å². The molecule has 0 radical (unpaired) electrons. The molecule has 2 atom stereocenters. The molecule has 1 heterocycles. The molecule has 1 aromatic carbocycles. The van der Waals surface area contributed by atoms with E-state index in [-0.39, 0.29) is 11.7 Å². The number of pyridine rings is 1. The summed E-state index contributed by atoms with van der Waals surface area (Å²) >= 11 is 0. The van der Waals surface area contributed by atoms with Gasteiger partial charge in [0, 0.05) is 29.9 Å². The van der Waals surface area contributed by atoms with Crippen molar-refractivity contribution >= 4 is 0 Å². The van der Waals surface area contributed by atoms with Gasteiger partial charge in [-0.15, -0.1) is 0 Å². The van der Waals surface area contributed by atoms with E-state index >= 15 is 0 Å². The van der Waals surface area contributed by atoms with Gasteiger partial charge in [0.05, 0.1) is 7.11 Å². The zero-order valence-electron chi connectivity index (χ0n) is 11.0. The Balaban J connectivity index is 2.37. The molecule has 0 aliphatic rings. The summed E-state index contributed by atoms with van der Waals surface area (Å²) in [6.07, 6.45) is 3.41. The molecule has 2 aromatic rings. The van der Waals surface area contributed by atoms with Crippen LogP contribution in [0.5, 0.6) is 5.75 Å². The van der Waals surface area contributed by atoms with Crippen LogP contribution in [0.3, 0.4) is 0 Å². The van der Waals surface area contributed by atoms with E-state index in [9.17, 15) is 4.39 Å². The number of halogens is 1. The van der Waals surface area contributed by atoms with Crippen molar-refractivity contribution in [3.63, 3.8) is 0 Å². The Hall–Kier alpha value is -1.94. The number of nitrogens with two attached hydrogens (primary N) is 1. The Kier molecular flexibility index (Phi) is 4.12. The number of hydrogen-bond acceptors (Lipinski definition) is 3. The highest BCUT2D eigenvalue weighted by Gasteiger charge is 2.23. The van der Waals surface area contributed by atoms with E-state index in [1.54, 1.807) is 24.5 Å². The molecule has 0 aliphatic heterocycles. The van der Waals surface area contributed by atoms with E-state index in [2.05, 4.69) is 4.98 Å². The summed E-state index contributed by atoms with van der Waals surface area (Å²) in [6, 6.07) is 8.03. The van der Waals surface area contributed by atoms with Gasteiger partial charge in [-0.3, -0.25) is 4.98 Å². The standard InChI is InChI=1S/C15H17FN2O/c1-10(11-6-8-18-9-7-11)15(17)14-12(16)4-3-5-13(14)19-2/h3-10,15H,17H2,1-2H3. The normalized spacial score (nSPS) is 13.9. The van der Waals surface area contributed by atoms with Crippen molar-refractivity contribution in [1.29, 1.82) is 0 Å². The first-order chi connectivity index (χ1) is 9.15. The summed E-state index contributed by atoms with van der Waals surface area (Å²) in [6.45, 7) is 1.96. The lowest BCUT2D eigenvalue weighted by Gasteiger charge is -2.23. The fourth-order valence-electron chi connectivity index (χ4n) is 2.14. The van der Waals surface area contributed by atoms with Crippen molar-refractivity contribution in [2.24, 2.45) is 5.73 Å². The summed E-state index contributed by atoms with van der Waals surface area (Å²) in [5, 5.41) is 0. The van der Waals surface area contributed by atoms with Gasteiger partial charge in [0.15, 0.2) is 0 Å². The molecular formula is C15H17FN2O. The zero-order chi connectivity index (χ0) is 13.8.